The zero-order chi connectivity index (χ0) is 11.5. The number of amides is 1. The largest absolute Gasteiger partial charge is 0.333 e. The van der Waals surface area contributed by atoms with Crippen LogP contribution in [0.2, 0.25) is 0 Å². The molecule has 1 aliphatic heterocycles. The van der Waals surface area contributed by atoms with E-state index in [1.165, 1.54) is 12.3 Å². The van der Waals surface area contributed by atoms with Crippen molar-refractivity contribution in [3.63, 3.8) is 0 Å². The standard InChI is InChI=1S/C11H15N3O2.ClH/c1-8-6-12-4-5-14(8)11(16)9-2-3-10(15)13-7-9;/h2-3,7-8,12H,4-6H2,1H3,(H,13,15);1H/t8-;/m0./s1. The Balaban J connectivity index is 0.00000144. The Morgan fingerprint density at radius 3 is 2.82 bits per heavy atom. The lowest BCUT2D eigenvalue weighted by Crippen LogP contribution is -2.52. The van der Waals surface area contributed by atoms with Crippen LogP contribution in [0.25, 0.3) is 0 Å². The molecule has 6 heteroatoms. The van der Waals surface area contributed by atoms with Crippen LogP contribution in [0.3, 0.4) is 0 Å². The number of nitrogens with zero attached hydrogens (tertiary/aromatic N) is 1. The van der Waals surface area contributed by atoms with Gasteiger partial charge in [-0.3, -0.25) is 9.59 Å². The average Bonchev–Trinajstić information content (AvgIpc) is 2.30. The van der Waals surface area contributed by atoms with Crippen LogP contribution in [0.4, 0.5) is 0 Å². The third-order valence-corrected chi connectivity index (χ3v) is 2.79. The molecule has 2 heterocycles. The Bertz CT molecular complexity index is 426. The third kappa shape index (κ3) is 3.08. The van der Waals surface area contributed by atoms with E-state index in [1.807, 2.05) is 11.8 Å². The number of rotatable bonds is 1. The molecule has 5 nitrogen and oxygen atoms in total. The van der Waals surface area contributed by atoms with Crippen LogP contribution >= 0.6 is 12.4 Å². The van der Waals surface area contributed by atoms with Gasteiger partial charge in [0, 0.05) is 37.9 Å². The van der Waals surface area contributed by atoms with Crippen LogP contribution in [0.5, 0.6) is 0 Å². The Kier molecular flexibility index (Phi) is 4.72. The SMILES string of the molecule is C[C@H]1CNCCN1C(=O)c1ccc(=O)[nH]c1.Cl. The van der Waals surface area contributed by atoms with Crippen LogP contribution < -0.4 is 10.9 Å². The highest BCUT2D eigenvalue weighted by atomic mass is 35.5. The summed E-state index contributed by atoms with van der Waals surface area (Å²) >= 11 is 0. The minimum Gasteiger partial charge on any atom is -0.333 e. The first-order chi connectivity index (χ1) is 7.68. The molecule has 1 aromatic heterocycles. The van der Waals surface area contributed by atoms with Gasteiger partial charge in [0.15, 0.2) is 0 Å². The predicted octanol–water partition coefficient (Wildman–Crippen LogP) is 0.231. The van der Waals surface area contributed by atoms with E-state index in [4.69, 9.17) is 0 Å². The summed E-state index contributed by atoms with van der Waals surface area (Å²) < 4.78 is 0. The van der Waals surface area contributed by atoms with Crippen molar-refractivity contribution < 1.29 is 4.79 Å². The molecule has 0 radical (unpaired) electrons. The normalized spacial score (nSPS) is 19.6. The zero-order valence-electron chi connectivity index (χ0n) is 9.60. The van der Waals surface area contributed by atoms with E-state index >= 15 is 0 Å². The highest BCUT2D eigenvalue weighted by Crippen LogP contribution is 2.08. The molecular weight excluding hydrogens is 242 g/mol. The number of hydrogen-bond donors (Lipinski definition) is 2. The van der Waals surface area contributed by atoms with E-state index in [1.54, 1.807) is 6.07 Å². The van der Waals surface area contributed by atoms with E-state index in [-0.39, 0.29) is 29.9 Å². The van der Waals surface area contributed by atoms with Gasteiger partial charge in [-0.1, -0.05) is 0 Å². The molecule has 17 heavy (non-hydrogen) atoms. The molecule has 1 aromatic rings. The number of pyridine rings is 1. The smallest absolute Gasteiger partial charge is 0.255 e. The van der Waals surface area contributed by atoms with Crippen molar-refractivity contribution in [2.75, 3.05) is 19.6 Å². The van der Waals surface area contributed by atoms with Gasteiger partial charge in [0.2, 0.25) is 5.56 Å². The highest BCUT2D eigenvalue weighted by Gasteiger charge is 2.23. The lowest BCUT2D eigenvalue weighted by molar-refractivity contribution is 0.0655. The molecule has 1 fully saturated rings. The Morgan fingerprint density at radius 2 is 2.24 bits per heavy atom. The topological polar surface area (TPSA) is 65.2 Å². The molecule has 1 saturated heterocycles. The van der Waals surface area contributed by atoms with E-state index in [9.17, 15) is 9.59 Å². The van der Waals surface area contributed by atoms with Gasteiger partial charge in [0.25, 0.3) is 5.91 Å². The molecule has 2 N–H and O–H groups in total. The van der Waals surface area contributed by atoms with Gasteiger partial charge in [-0.15, -0.1) is 12.4 Å². The van der Waals surface area contributed by atoms with Crippen LogP contribution in [-0.4, -0.2) is 41.5 Å². The van der Waals surface area contributed by atoms with Gasteiger partial charge >= 0.3 is 0 Å². The number of carbonyl (C=O) groups is 1. The van der Waals surface area contributed by atoms with E-state index < -0.39 is 0 Å². The number of H-pyrrole nitrogens is 1. The second kappa shape index (κ2) is 5.84. The minimum atomic E-state index is -0.190. The Labute approximate surface area is 106 Å². The molecule has 1 atom stereocenters. The summed E-state index contributed by atoms with van der Waals surface area (Å²) in [6.45, 7) is 4.35. The van der Waals surface area contributed by atoms with Gasteiger partial charge in [0.05, 0.1) is 5.56 Å². The van der Waals surface area contributed by atoms with Crippen LogP contribution in [0, 0.1) is 0 Å². The number of aromatic nitrogens is 1. The fourth-order valence-corrected chi connectivity index (χ4v) is 1.85. The van der Waals surface area contributed by atoms with Crippen molar-refractivity contribution in [2.24, 2.45) is 0 Å². The number of aromatic amines is 1. The first-order valence-corrected chi connectivity index (χ1v) is 5.39. The second-order valence-corrected chi connectivity index (χ2v) is 3.99. The summed E-state index contributed by atoms with van der Waals surface area (Å²) in [6.07, 6.45) is 1.47. The van der Waals surface area contributed by atoms with Gasteiger partial charge in [-0.25, -0.2) is 0 Å². The number of carbonyl (C=O) groups excluding carboxylic acids is 1. The fourth-order valence-electron chi connectivity index (χ4n) is 1.85. The number of nitrogens with one attached hydrogen (secondary N) is 2. The molecule has 0 saturated carbocycles. The summed E-state index contributed by atoms with van der Waals surface area (Å²) in [7, 11) is 0. The fraction of sp³-hybridized carbons (Fsp3) is 0.455. The third-order valence-electron chi connectivity index (χ3n) is 2.79. The second-order valence-electron chi connectivity index (χ2n) is 3.99. The summed E-state index contributed by atoms with van der Waals surface area (Å²) in [5.41, 5.74) is 0.346. The zero-order valence-corrected chi connectivity index (χ0v) is 10.4. The van der Waals surface area contributed by atoms with Crippen molar-refractivity contribution in [2.45, 2.75) is 13.0 Å². The van der Waals surface area contributed by atoms with Crippen LogP contribution in [0.15, 0.2) is 23.1 Å². The van der Waals surface area contributed by atoms with Gasteiger partial charge in [-0.05, 0) is 13.0 Å². The maximum Gasteiger partial charge on any atom is 0.255 e. The summed E-state index contributed by atoms with van der Waals surface area (Å²) in [5, 5.41) is 3.23. The molecule has 0 spiro atoms. The van der Waals surface area contributed by atoms with Gasteiger partial charge in [0.1, 0.15) is 0 Å². The Hall–Kier alpha value is -1.33. The average molecular weight is 258 g/mol. The number of halogens is 1. The molecule has 0 unspecified atom stereocenters. The molecule has 2 rings (SSSR count). The highest BCUT2D eigenvalue weighted by molar-refractivity contribution is 5.94. The molecule has 1 amide bonds. The first-order valence-electron chi connectivity index (χ1n) is 5.39. The molecule has 0 aromatic carbocycles. The van der Waals surface area contributed by atoms with Crippen molar-refractivity contribution in [3.05, 3.63) is 34.2 Å². The number of piperazine rings is 1. The lowest BCUT2D eigenvalue weighted by Gasteiger charge is -2.33. The maximum absolute atomic E-state index is 12.1. The summed E-state index contributed by atoms with van der Waals surface area (Å²) in [5.74, 6) is -0.0229. The van der Waals surface area contributed by atoms with Crippen molar-refractivity contribution in [1.82, 2.24) is 15.2 Å². The molecule has 94 valence electrons. The lowest BCUT2D eigenvalue weighted by atomic mass is 10.1. The van der Waals surface area contributed by atoms with Crippen LogP contribution in [0.1, 0.15) is 17.3 Å². The van der Waals surface area contributed by atoms with Gasteiger partial charge in [-0.2, -0.15) is 0 Å². The Morgan fingerprint density at radius 1 is 1.47 bits per heavy atom. The molecule has 0 aliphatic carbocycles. The van der Waals surface area contributed by atoms with Crippen molar-refractivity contribution >= 4 is 18.3 Å². The van der Waals surface area contributed by atoms with Crippen molar-refractivity contribution in [3.8, 4) is 0 Å². The van der Waals surface area contributed by atoms with E-state index in [2.05, 4.69) is 10.3 Å². The minimum absolute atomic E-state index is 0. The van der Waals surface area contributed by atoms with E-state index in [0.29, 0.717) is 12.1 Å². The van der Waals surface area contributed by atoms with E-state index in [0.717, 1.165) is 13.1 Å². The number of hydrogen-bond acceptors (Lipinski definition) is 3. The van der Waals surface area contributed by atoms with Crippen molar-refractivity contribution in [1.29, 1.82) is 0 Å². The summed E-state index contributed by atoms with van der Waals surface area (Å²) in [4.78, 5) is 27.3. The monoisotopic (exact) mass is 257 g/mol. The molecule has 1 aliphatic rings. The summed E-state index contributed by atoms with van der Waals surface area (Å²) in [6, 6.07) is 3.13. The first kappa shape index (κ1) is 13.7. The predicted molar refractivity (Wildman–Crippen MR) is 67.7 cm³/mol. The van der Waals surface area contributed by atoms with Crippen LogP contribution in [-0.2, 0) is 0 Å². The van der Waals surface area contributed by atoms with Gasteiger partial charge < -0.3 is 15.2 Å². The quantitative estimate of drug-likeness (QED) is 0.757. The molecule has 0 bridgehead atoms. The maximum atomic E-state index is 12.1. The molecular formula is C11H16ClN3O2.